The summed E-state index contributed by atoms with van der Waals surface area (Å²) in [7, 11) is 0. The Morgan fingerprint density at radius 3 is 2.33 bits per heavy atom. The molecule has 0 aliphatic carbocycles. The molecule has 0 atom stereocenters. The molecule has 0 N–H and O–H groups in total. The first-order chi connectivity index (χ1) is 7.03. The van der Waals surface area contributed by atoms with Crippen molar-refractivity contribution >= 4 is 6.08 Å². The fraction of sp³-hybridized carbons (Fsp3) is 0.429. The lowest BCUT2D eigenvalue weighted by Gasteiger charge is -2.18. The van der Waals surface area contributed by atoms with Crippen molar-refractivity contribution in [3.8, 4) is 0 Å². The van der Waals surface area contributed by atoms with Gasteiger partial charge in [-0.15, -0.1) is 0 Å². The molecule has 0 nitrogen and oxygen atoms in total. The van der Waals surface area contributed by atoms with Crippen molar-refractivity contribution in [1.82, 2.24) is 0 Å². The molecular formula is C14H19F. The van der Waals surface area contributed by atoms with Crippen molar-refractivity contribution in [3.05, 3.63) is 41.7 Å². The quantitative estimate of drug-likeness (QED) is 0.671. The van der Waals surface area contributed by atoms with E-state index in [-0.39, 0.29) is 11.2 Å². The van der Waals surface area contributed by atoms with Gasteiger partial charge >= 0.3 is 0 Å². The van der Waals surface area contributed by atoms with Gasteiger partial charge in [0, 0.05) is 0 Å². The van der Waals surface area contributed by atoms with Crippen molar-refractivity contribution < 1.29 is 4.39 Å². The molecule has 0 radical (unpaired) electrons. The Morgan fingerprint density at radius 1 is 1.20 bits per heavy atom. The smallest absolute Gasteiger partial charge is 0.123 e. The summed E-state index contributed by atoms with van der Waals surface area (Å²) in [5, 5.41) is 0. The van der Waals surface area contributed by atoms with Crippen LogP contribution in [0.15, 0.2) is 30.3 Å². The van der Waals surface area contributed by atoms with Gasteiger partial charge in [0.1, 0.15) is 5.82 Å². The topological polar surface area (TPSA) is 0 Å². The monoisotopic (exact) mass is 206 g/mol. The zero-order valence-electron chi connectivity index (χ0n) is 9.76. The fourth-order valence-corrected chi connectivity index (χ4v) is 1.62. The molecule has 0 heterocycles. The Bertz CT molecular complexity index is 320. The summed E-state index contributed by atoms with van der Waals surface area (Å²) in [6, 6.07) is 6.58. The number of hydrogen-bond acceptors (Lipinski definition) is 0. The molecule has 0 saturated carbocycles. The normalized spacial score (nSPS) is 12.3. The Morgan fingerprint density at radius 2 is 1.80 bits per heavy atom. The fourth-order valence-electron chi connectivity index (χ4n) is 1.62. The van der Waals surface area contributed by atoms with Crippen LogP contribution in [0.5, 0.6) is 0 Å². The van der Waals surface area contributed by atoms with Gasteiger partial charge in [-0.2, -0.15) is 0 Å². The minimum Gasteiger partial charge on any atom is -0.207 e. The summed E-state index contributed by atoms with van der Waals surface area (Å²) in [5.41, 5.74) is 1.28. The van der Waals surface area contributed by atoms with E-state index in [4.69, 9.17) is 0 Å². The molecule has 0 saturated heterocycles. The standard InChI is InChI=1S/C14H19F/c1-4-10-14(2,3)11-9-12-5-7-13(15)8-6-12/h5-9,11H,4,10H2,1-3H3/b11-9+. The van der Waals surface area contributed by atoms with Gasteiger partial charge in [0.2, 0.25) is 0 Å². The molecule has 0 aliphatic heterocycles. The van der Waals surface area contributed by atoms with Gasteiger partial charge in [-0.1, -0.05) is 51.5 Å². The maximum atomic E-state index is 12.7. The van der Waals surface area contributed by atoms with Crippen LogP contribution in [-0.2, 0) is 0 Å². The molecule has 1 aromatic carbocycles. The average molecular weight is 206 g/mol. The Balaban J connectivity index is 2.68. The Kier molecular flexibility index (Phi) is 4.07. The lowest BCUT2D eigenvalue weighted by molar-refractivity contribution is 0.434. The van der Waals surface area contributed by atoms with E-state index in [9.17, 15) is 4.39 Å². The first kappa shape index (κ1) is 12.0. The summed E-state index contributed by atoms with van der Waals surface area (Å²) in [4.78, 5) is 0. The van der Waals surface area contributed by atoms with Crippen LogP contribution in [0.4, 0.5) is 4.39 Å². The highest BCUT2D eigenvalue weighted by Gasteiger charge is 2.11. The van der Waals surface area contributed by atoms with Crippen LogP contribution in [0.25, 0.3) is 6.08 Å². The van der Waals surface area contributed by atoms with Crippen LogP contribution in [0, 0.1) is 11.2 Å². The second kappa shape index (κ2) is 5.11. The van der Waals surface area contributed by atoms with E-state index in [2.05, 4.69) is 32.9 Å². The summed E-state index contributed by atoms with van der Waals surface area (Å²) >= 11 is 0. The number of hydrogen-bond donors (Lipinski definition) is 0. The largest absolute Gasteiger partial charge is 0.207 e. The van der Waals surface area contributed by atoms with Crippen LogP contribution < -0.4 is 0 Å². The maximum Gasteiger partial charge on any atom is 0.123 e. The minimum atomic E-state index is -0.181. The minimum absolute atomic E-state index is 0.181. The molecule has 0 amide bonds. The number of allylic oxidation sites excluding steroid dienone is 1. The van der Waals surface area contributed by atoms with Crippen LogP contribution in [0.1, 0.15) is 39.2 Å². The molecule has 0 aliphatic rings. The molecule has 82 valence electrons. The van der Waals surface area contributed by atoms with E-state index in [1.165, 1.54) is 25.0 Å². The third-order valence-corrected chi connectivity index (χ3v) is 2.49. The highest BCUT2D eigenvalue weighted by molar-refractivity contribution is 5.49. The zero-order valence-corrected chi connectivity index (χ0v) is 9.76. The predicted molar refractivity (Wildman–Crippen MR) is 64.1 cm³/mol. The van der Waals surface area contributed by atoms with E-state index < -0.39 is 0 Å². The highest BCUT2D eigenvalue weighted by atomic mass is 19.1. The predicted octanol–water partition coefficient (Wildman–Crippen LogP) is 4.67. The van der Waals surface area contributed by atoms with Crippen LogP contribution in [0.3, 0.4) is 0 Å². The molecule has 1 rings (SSSR count). The van der Waals surface area contributed by atoms with Gasteiger partial charge in [0.25, 0.3) is 0 Å². The van der Waals surface area contributed by atoms with Crippen molar-refractivity contribution in [2.45, 2.75) is 33.6 Å². The van der Waals surface area contributed by atoms with E-state index in [0.717, 1.165) is 5.56 Å². The van der Waals surface area contributed by atoms with Gasteiger partial charge in [-0.25, -0.2) is 4.39 Å². The van der Waals surface area contributed by atoms with Crippen molar-refractivity contribution in [2.75, 3.05) is 0 Å². The highest BCUT2D eigenvalue weighted by Crippen LogP contribution is 2.24. The SMILES string of the molecule is CCCC(C)(C)/C=C/c1ccc(F)cc1. The first-order valence-corrected chi connectivity index (χ1v) is 5.48. The second-order valence-electron chi connectivity index (χ2n) is 4.62. The summed E-state index contributed by atoms with van der Waals surface area (Å²) in [6.07, 6.45) is 6.62. The van der Waals surface area contributed by atoms with Crippen LogP contribution in [0.2, 0.25) is 0 Å². The Labute approximate surface area is 91.8 Å². The third kappa shape index (κ3) is 4.28. The summed E-state index contributed by atoms with van der Waals surface area (Å²) < 4.78 is 12.7. The number of halogens is 1. The molecule has 0 unspecified atom stereocenters. The molecule has 1 aromatic rings. The molecule has 0 bridgehead atoms. The van der Waals surface area contributed by atoms with Gasteiger partial charge in [0.05, 0.1) is 0 Å². The van der Waals surface area contributed by atoms with Crippen molar-refractivity contribution in [2.24, 2.45) is 5.41 Å². The van der Waals surface area contributed by atoms with Gasteiger partial charge in [0.15, 0.2) is 0 Å². The molecule has 15 heavy (non-hydrogen) atoms. The zero-order chi connectivity index (χ0) is 11.3. The molecule has 1 heteroatoms. The number of benzene rings is 1. The summed E-state index contributed by atoms with van der Waals surface area (Å²) in [6.45, 7) is 6.63. The molecular weight excluding hydrogens is 187 g/mol. The Hall–Kier alpha value is -1.11. The molecule has 0 fully saturated rings. The third-order valence-electron chi connectivity index (χ3n) is 2.49. The van der Waals surface area contributed by atoms with Gasteiger partial charge in [-0.05, 0) is 29.5 Å². The first-order valence-electron chi connectivity index (χ1n) is 5.48. The van der Waals surface area contributed by atoms with E-state index in [0.29, 0.717) is 0 Å². The lowest BCUT2D eigenvalue weighted by atomic mass is 9.87. The lowest BCUT2D eigenvalue weighted by Crippen LogP contribution is -2.05. The van der Waals surface area contributed by atoms with E-state index >= 15 is 0 Å². The van der Waals surface area contributed by atoms with Gasteiger partial charge in [-0.3, -0.25) is 0 Å². The van der Waals surface area contributed by atoms with Crippen LogP contribution in [-0.4, -0.2) is 0 Å². The maximum absolute atomic E-state index is 12.7. The second-order valence-corrected chi connectivity index (χ2v) is 4.62. The molecule has 0 spiro atoms. The van der Waals surface area contributed by atoms with Crippen molar-refractivity contribution in [1.29, 1.82) is 0 Å². The van der Waals surface area contributed by atoms with E-state index in [1.807, 2.05) is 0 Å². The summed E-state index contributed by atoms with van der Waals surface area (Å²) in [5.74, 6) is -0.181. The molecule has 0 aromatic heterocycles. The van der Waals surface area contributed by atoms with Crippen LogP contribution >= 0.6 is 0 Å². The van der Waals surface area contributed by atoms with E-state index in [1.54, 1.807) is 12.1 Å². The van der Waals surface area contributed by atoms with Gasteiger partial charge < -0.3 is 0 Å². The average Bonchev–Trinajstić information content (AvgIpc) is 2.17. The van der Waals surface area contributed by atoms with Crippen molar-refractivity contribution in [3.63, 3.8) is 0 Å². The number of rotatable bonds is 4.